The molecule has 1 atom stereocenters. The maximum absolute atomic E-state index is 12.5. The third kappa shape index (κ3) is 2.89. The molecule has 0 unspecified atom stereocenters. The number of benzene rings is 2. The van der Waals surface area contributed by atoms with Gasteiger partial charge in [-0.3, -0.25) is 4.79 Å². The zero-order chi connectivity index (χ0) is 20.1. The van der Waals surface area contributed by atoms with Crippen LogP contribution in [0.4, 0.5) is 5.82 Å². The molecule has 0 radical (unpaired) electrons. The van der Waals surface area contributed by atoms with E-state index in [-0.39, 0.29) is 23.8 Å². The number of aryl methyl sites for hydroxylation is 1. The van der Waals surface area contributed by atoms with E-state index in [1.807, 2.05) is 31.2 Å². The van der Waals surface area contributed by atoms with Crippen LogP contribution in [0.25, 0.3) is 15.3 Å². The van der Waals surface area contributed by atoms with Crippen LogP contribution in [0.5, 0.6) is 0 Å². The molecule has 1 aliphatic rings. The molecule has 1 amide bonds. The fourth-order valence-electron chi connectivity index (χ4n) is 3.78. The lowest BCUT2D eigenvalue weighted by atomic mass is 9.85. The van der Waals surface area contributed by atoms with E-state index in [0.29, 0.717) is 10.9 Å². The number of para-hydroxylation sites is 1. The maximum atomic E-state index is 12.5. The standard InChI is InChI=1S/C21H16N4O3S/c1-11-18-14(12-6-8-13(9-7-12)20(27)28)10-17(26)23-19(18)25(24-11)21-22-15-4-2-3-5-16(15)29-21/h2-9,14H,10H2,1H3,(H,23,26)(H,27,28)/t14-/m0/s1. The van der Waals surface area contributed by atoms with E-state index >= 15 is 0 Å². The Hall–Kier alpha value is -3.52. The number of carboxylic acid groups (broad SMARTS) is 1. The number of nitrogens with one attached hydrogen (secondary N) is 1. The first kappa shape index (κ1) is 17.6. The lowest BCUT2D eigenvalue weighted by Crippen LogP contribution is -2.25. The minimum Gasteiger partial charge on any atom is -0.478 e. The molecule has 3 heterocycles. The number of aromatic carboxylic acids is 1. The van der Waals surface area contributed by atoms with Crippen molar-refractivity contribution in [3.05, 3.63) is 70.9 Å². The topological polar surface area (TPSA) is 97.1 Å². The Balaban J connectivity index is 1.63. The highest BCUT2D eigenvalue weighted by atomic mass is 32.1. The smallest absolute Gasteiger partial charge is 0.335 e. The molecule has 0 spiro atoms. The minimum atomic E-state index is -0.974. The molecule has 8 heteroatoms. The van der Waals surface area contributed by atoms with Crippen LogP contribution in [0.3, 0.4) is 0 Å². The number of carbonyl (C=O) groups excluding carboxylic acids is 1. The summed E-state index contributed by atoms with van der Waals surface area (Å²) in [5.74, 6) is -0.639. The lowest BCUT2D eigenvalue weighted by molar-refractivity contribution is -0.116. The Morgan fingerprint density at radius 3 is 2.69 bits per heavy atom. The molecule has 2 N–H and O–H groups in total. The van der Waals surface area contributed by atoms with Gasteiger partial charge in [-0.05, 0) is 36.8 Å². The third-order valence-corrected chi connectivity index (χ3v) is 6.14. The summed E-state index contributed by atoms with van der Waals surface area (Å²) < 4.78 is 2.75. The number of hydrogen-bond donors (Lipinski definition) is 2. The SMILES string of the molecule is Cc1nn(-c2nc3ccccc3s2)c2c1[C@H](c1ccc(C(=O)O)cc1)CC(=O)N2. The predicted octanol–water partition coefficient (Wildman–Crippen LogP) is 3.96. The summed E-state index contributed by atoms with van der Waals surface area (Å²) >= 11 is 1.51. The van der Waals surface area contributed by atoms with E-state index in [4.69, 9.17) is 5.11 Å². The molecule has 2 aromatic heterocycles. The number of nitrogens with zero attached hydrogens (tertiary/aromatic N) is 3. The van der Waals surface area contributed by atoms with Crippen LogP contribution >= 0.6 is 11.3 Å². The molecule has 4 aromatic rings. The van der Waals surface area contributed by atoms with Crippen LogP contribution in [0.1, 0.15) is 39.5 Å². The fraction of sp³-hybridized carbons (Fsp3) is 0.143. The first-order chi connectivity index (χ1) is 14.0. The van der Waals surface area contributed by atoms with Gasteiger partial charge in [0.05, 0.1) is 21.5 Å². The van der Waals surface area contributed by atoms with Crippen LogP contribution in [0, 0.1) is 6.92 Å². The second-order valence-corrected chi connectivity index (χ2v) is 7.96. The van der Waals surface area contributed by atoms with Gasteiger partial charge >= 0.3 is 5.97 Å². The van der Waals surface area contributed by atoms with Gasteiger partial charge in [0.25, 0.3) is 0 Å². The molecule has 1 aliphatic heterocycles. The van der Waals surface area contributed by atoms with Crippen LogP contribution < -0.4 is 5.32 Å². The highest BCUT2D eigenvalue weighted by molar-refractivity contribution is 7.20. The first-order valence-corrected chi connectivity index (χ1v) is 9.91. The van der Waals surface area contributed by atoms with Crippen molar-refractivity contribution in [2.75, 3.05) is 5.32 Å². The summed E-state index contributed by atoms with van der Waals surface area (Å²) in [6, 6.07) is 14.5. The second kappa shape index (κ2) is 6.52. The maximum Gasteiger partial charge on any atom is 0.335 e. The molecule has 5 rings (SSSR count). The Morgan fingerprint density at radius 2 is 1.97 bits per heavy atom. The quantitative estimate of drug-likeness (QED) is 0.539. The molecule has 29 heavy (non-hydrogen) atoms. The molecule has 0 saturated heterocycles. The molecule has 0 bridgehead atoms. The molecule has 7 nitrogen and oxygen atoms in total. The van der Waals surface area contributed by atoms with Crippen LogP contribution in [-0.4, -0.2) is 31.7 Å². The van der Waals surface area contributed by atoms with E-state index < -0.39 is 5.97 Å². The second-order valence-electron chi connectivity index (χ2n) is 6.96. The van der Waals surface area contributed by atoms with Gasteiger partial charge in [0.1, 0.15) is 5.82 Å². The number of carboxylic acids is 1. The molecular weight excluding hydrogens is 388 g/mol. The number of rotatable bonds is 3. The van der Waals surface area contributed by atoms with E-state index in [1.54, 1.807) is 28.9 Å². The van der Waals surface area contributed by atoms with Crippen molar-refractivity contribution in [3.8, 4) is 5.13 Å². The predicted molar refractivity (Wildman–Crippen MR) is 110 cm³/mol. The average molecular weight is 404 g/mol. The number of thiazole rings is 1. The number of carbonyl (C=O) groups is 2. The number of amides is 1. The summed E-state index contributed by atoms with van der Waals surface area (Å²) in [7, 11) is 0. The number of aromatic nitrogens is 3. The molecule has 0 fully saturated rings. The van der Waals surface area contributed by atoms with Crippen molar-refractivity contribution >= 4 is 39.2 Å². The van der Waals surface area contributed by atoms with Crippen LogP contribution in [-0.2, 0) is 4.79 Å². The fourth-order valence-corrected chi connectivity index (χ4v) is 4.70. The van der Waals surface area contributed by atoms with E-state index in [0.717, 1.165) is 27.0 Å². The molecule has 0 saturated carbocycles. The summed E-state index contributed by atoms with van der Waals surface area (Å²) in [6.07, 6.45) is 0.284. The monoisotopic (exact) mass is 404 g/mol. The highest BCUT2D eigenvalue weighted by Crippen LogP contribution is 2.41. The van der Waals surface area contributed by atoms with Gasteiger partial charge < -0.3 is 10.4 Å². The van der Waals surface area contributed by atoms with Gasteiger partial charge in [-0.25, -0.2) is 9.78 Å². The average Bonchev–Trinajstić information content (AvgIpc) is 3.28. The number of anilines is 1. The number of fused-ring (bicyclic) bond motifs is 2. The largest absolute Gasteiger partial charge is 0.478 e. The zero-order valence-corrected chi connectivity index (χ0v) is 16.2. The van der Waals surface area contributed by atoms with Gasteiger partial charge in [-0.15, -0.1) is 0 Å². The first-order valence-electron chi connectivity index (χ1n) is 9.10. The summed E-state index contributed by atoms with van der Waals surface area (Å²) in [5, 5.41) is 17.5. The lowest BCUT2D eigenvalue weighted by Gasteiger charge is -2.24. The Bertz CT molecular complexity index is 1240. The van der Waals surface area contributed by atoms with Gasteiger partial charge in [0, 0.05) is 17.9 Å². The van der Waals surface area contributed by atoms with Gasteiger partial charge in [-0.1, -0.05) is 35.6 Å². The molecule has 2 aromatic carbocycles. The van der Waals surface area contributed by atoms with E-state index in [1.165, 1.54) is 11.3 Å². The summed E-state index contributed by atoms with van der Waals surface area (Å²) in [4.78, 5) is 28.3. The minimum absolute atomic E-state index is 0.105. The summed E-state index contributed by atoms with van der Waals surface area (Å²) in [5.41, 5.74) is 3.74. The van der Waals surface area contributed by atoms with Crippen molar-refractivity contribution in [2.24, 2.45) is 0 Å². The van der Waals surface area contributed by atoms with E-state index in [9.17, 15) is 9.59 Å². The van der Waals surface area contributed by atoms with Crippen LogP contribution in [0.2, 0.25) is 0 Å². The Labute approximate surface area is 169 Å². The number of hydrogen-bond acceptors (Lipinski definition) is 5. The Morgan fingerprint density at radius 1 is 1.21 bits per heavy atom. The van der Waals surface area contributed by atoms with Crippen molar-refractivity contribution in [1.82, 2.24) is 14.8 Å². The van der Waals surface area contributed by atoms with Crippen molar-refractivity contribution in [1.29, 1.82) is 0 Å². The normalized spacial score (nSPS) is 15.9. The van der Waals surface area contributed by atoms with Crippen molar-refractivity contribution in [2.45, 2.75) is 19.3 Å². The summed E-state index contributed by atoms with van der Waals surface area (Å²) in [6.45, 7) is 1.92. The van der Waals surface area contributed by atoms with Gasteiger partial charge in [0.15, 0.2) is 0 Å². The molecular formula is C21H16N4O3S. The highest BCUT2D eigenvalue weighted by Gasteiger charge is 2.33. The Kier molecular flexibility index (Phi) is 3.95. The molecule has 144 valence electrons. The van der Waals surface area contributed by atoms with Crippen molar-refractivity contribution < 1.29 is 14.7 Å². The van der Waals surface area contributed by atoms with Gasteiger partial charge in [0.2, 0.25) is 11.0 Å². The van der Waals surface area contributed by atoms with Crippen molar-refractivity contribution in [3.63, 3.8) is 0 Å². The third-order valence-electron chi connectivity index (χ3n) is 5.13. The van der Waals surface area contributed by atoms with E-state index in [2.05, 4.69) is 15.4 Å². The molecule has 0 aliphatic carbocycles. The van der Waals surface area contributed by atoms with Gasteiger partial charge in [-0.2, -0.15) is 9.78 Å². The van der Waals surface area contributed by atoms with Crippen LogP contribution in [0.15, 0.2) is 48.5 Å². The zero-order valence-electron chi connectivity index (χ0n) is 15.4.